The summed E-state index contributed by atoms with van der Waals surface area (Å²) in [7, 11) is 0. The number of benzene rings is 1. The summed E-state index contributed by atoms with van der Waals surface area (Å²) in [5, 5.41) is 3.45. The standard InChI is InChI=1S/C17H21N3O/c1-12-3-5-14(6-4-12)9-15-10-16(20-13(2)19-15)17-11-21-8-7-18-17/h3-6,10,17-18H,7-9,11H2,1-2H3. The third-order valence-corrected chi connectivity index (χ3v) is 3.70. The van der Waals surface area contributed by atoms with Crippen LogP contribution < -0.4 is 5.32 Å². The number of nitrogens with zero attached hydrogens (tertiary/aromatic N) is 2. The van der Waals surface area contributed by atoms with Gasteiger partial charge in [0.05, 0.1) is 24.9 Å². The van der Waals surface area contributed by atoms with E-state index in [-0.39, 0.29) is 6.04 Å². The van der Waals surface area contributed by atoms with Crippen LogP contribution in [-0.4, -0.2) is 29.7 Å². The number of aryl methyl sites for hydroxylation is 2. The molecule has 0 spiro atoms. The van der Waals surface area contributed by atoms with Gasteiger partial charge in [-0.15, -0.1) is 0 Å². The number of nitrogens with one attached hydrogen (secondary N) is 1. The summed E-state index contributed by atoms with van der Waals surface area (Å²) in [6.07, 6.45) is 0.838. The molecule has 1 fully saturated rings. The molecule has 2 heterocycles. The molecular weight excluding hydrogens is 262 g/mol. The molecule has 21 heavy (non-hydrogen) atoms. The van der Waals surface area contributed by atoms with Crippen LogP contribution in [0.4, 0.5) is 0 Å². The SMILES string of the molecule is Cc1ccc(Cc2cc(C3COCCN3)nc(C)n2)cc1. The first-order chi connectivity index (χ1) is 10.2. The highest BCUT2D eigenvalue weighted by Gasteiger charge is 2.17. The first-order valence-electron chi connectivity index (χ1n) is 7.42. The van der Waals surface area contributed by atoms with Crippen LogP contribution in [0.25, 0.3) is 0 Å². The molecule has 1 saturated heterocycles. The Hall–Kier alpha value is -1.78. The van der Waals surface area contributed by atoms with Crippen molar-refractivity contribution in [3.05, 3.63) is 58.7 Å². The summed E-state index contributed by atoms with van der Waals surface area (Å²) < 4.78 is 5.52. The van der Waals surface area contributed by atoms with Gasteiger partial charge in [0.25, 0.3) is 0 Å². The second-order valence-electron chi connectivity index (χ2n) is 5.58. The van der Waals surface area contributed by atoms with Crippen molar-refractivity contribution in [1.82, 2.24) is 15.3 Å². The van der Waals surface area contributed by atoms with E-state index in [0.717, 1.165) is 36.8 Å². The Morgan fingerprint density at radius 2 is 2.00 bits per heavy atom. The Morgan fingerprint density at radius 3 is 2.71 bits per heavy atom. The molecule has 4 nitrogen and oxygen atoms in total. The zero-order valence-corrected chi connectivity index (χ0v) is 12.6. The molecule has 2 aromatic rings. The minimum Gasteiger partial charge on any atom is -0.378 e. The van der Waals surface area contributed by atoms with Crippen molar-refractivity contribution in [1.29, 1.82) is 0 Å². The third-order valence-electron chi connectivity index (χ3n) is 3.70. The van der Waals surface area contributed by atoms with Crippen molar-refractivity contribution in [2.24, 2.45) is 0 Å². The van der Waals surface area contributed by atoms with Crippen LogP contribution in [-0.2, 0) is 11.2 Å². The van der Waals surface area contributed by atoms with Crippen LogP contribution in [0.2, 0.25) is 0 Å². The molecule has 0 bridgehead atoms. The van der Waals surface area contributed by atoms with Crippen molar-refractivity contribution in [3.8, 4) is 0 Å². The molecule has 1 N–H and O–H groups in total. The van der Waals surface area contributed by atoms with Gasteiger partial charge in [-0.05, 0) is 25.5 Å². The van der Waals surface area contributed by atoms with Crippen LogP contribution in [0, 0.1) is 13.8 Å². The topological polar surface area (TPSA) is 47.0 Å². The number of aromatic nitrogens is 2. The maximum absolute atomic E-state index is 5.52. The Bertz CT molecular complexity index is 604. The van der Waals surface area contributed by atoms with Gasteiger partial charge >= 0.3 is 0 Å². The summed E-state index contributed by atoms with van der Waals surface area (Å²) in [5.74, 6) is 0.821. The summed E-state index contributed by atoms with van der Waals surface area (Å²) in [6, 6.07) is 10.9. The Morgan fingerprint density at radius 1 is 1.19 bits per heavy atom. The van der Waals surface area contributed by atoms with Gasteiger partial charge in [0, 0.05) is 18.7 Å². The van der Waals surface area contributed by atoms with E-state index in [2.05, 4.69) is 52.5 Å². The van der Waals surface area contributed by atoms with E-state index in [4.69, 9.17) is 4.74 Å². The highest BCUT2D eigenvalue weighted by atomic mass is 16.5. The molecular formula is C17H21N3O. The summed E-state index contributed by atoms with van der Waals surface area (Å²) in [5.41, 5.74) is 4.65. The molecule has 110 valence electrons. The fourth-order valence-corrected chi connectivity index (χ4v) is 2.59. The molecule has 3 rings (SSSR count). The van der Waals surface area contributed by atoms with Gasteiger partial charge < -0.3 is 10.1 Å². The second-order valence-corrected chi connectivity index (χ2v) is 5.58. The molecule has 1 aliphatic rings. The maximum Gasteiger partial charge on any atom is 0.125 e. The normalized spacial score (nSPS) is 18.7. The van der Waals surface area contributed by atoms with Gasteiger partial charge in [-0.25, -0.2) is 9.97 Å². The average molecular weight is 283 g/mol. The van der Waals surface area contributed by atoms with Gasteiger partial charge in [0.1, 0.15) is 5.82 Å². The van der Waals surface area contributed by atoms with Crippen LogP contribution in [0.1, 0.15) is 34.4 Å². The molecule has 1 aromatic carbocycles. The maximum atomic E-state index is 5.52. The average Bonchev–Trinajstić information content (AvgIpc) is 2.50. The predicted molar refractivity (Wildman–Crippen MR) is 82.3 cm³/mol. The first-order valence-corrected chi connectivity index (χ1v) is 7.42. The Labute approximate surface area is 125 Å². The monoisotopic (exact) mass is 283 g/mol. The molecule has 1 aromatic heterocycles. The van der Waals surface area contributed by atoms with Crippen molar-refractivity contribution in [2.75, 3.05) is 19.8 Å². The fraction of sp³-hybridized carbons (Fsp3) is 0.412. The fourth-order valence-electron chi connectivity index (χ4n) is 2.59. The summed E-state index contributed by atoms with van der Waals surface area (Å²) in [4.78, 5) is 9.13. The Kier molecular flexibility index (Phi) is 4.27. The Balaban J connectivity index is 1.81. The lowest BCUT2D eigenvalue weighted by atomic mass is 10.1. The van der Waals surface area contributed by atoms with E-state index < -0.39 is 0 Å². The lowest BCUT2D eigenvalue weighted by Crippen LogP contribution is -2.35. The number of hydrogen-bond acceptors (Lipinski definition) is 4. The zero-order valence-electron chi connectivity index (χ0n) is 12.6. The van der Waals surface area contributed by atoms with Crippen molar-refractivity contribution in [2.45, 2.75) is 26.3 Å². The van der Waals surface area contributed by atoms with Crippen molar-refractivity contribution in [3.63, 3.8) is 0 Å². The van der Waals surface area contributed by atoms with Gasteiger partial charge in [0.15, 0.2) is 0 Å². The van der Waals surface area contributed by atoms with Crippen LogP contribution >= 0.6 is 0 Å². The molecule has 0 saturated carbocycles. The number of ether oxygens (including phenoxy) is 1. The smallest absolute Gasteiger partial charge is 0.125 e. The number of rotatable bonds is 3. The molecule has 0 radical (unpaired) electrons. The van der Waals surface area contributed by atoms with Crippen LogP contribution in [0.3, 0.4) is 0 Å². The molecule has 1 atom stereocenters. The highest BCUT2D eigenvalue weighted by Crippen LogP contribution is 2.16. The van der Waals surface area contributed by atoms with Gasteiger partial charge in [0.2, 0.25) is 0 Å². The highest BCUT2D eigenvalue weighted by molar-refractivity contribution is 5.27. The van der Waals surface area contributed by atoms with Gasteiger partial charge in [-0.3, -0.25) is 0 Å². The van der Waals surface area contributed by atoms with E-state index in [9.17, 15) is 0 Å². The van der Waals surface area contributed by atoms with E-state index in [0.29, 0.717) is 6.61 Å². The number of morpholine rings is 1. The lowest BCUT2D eigenvalue weighted by Gasteiger charge is -2.23. The van der Waals surface area contributed by atoms with E-state index in [1.807, 2.05) is 6.92 Å². The molecule has 0 amide bonds. The second kappa shape index (κ2) is 6.33. The first kappa shape index (κ1) is 14.2. The van der Waals surface area contributed by atoms with E-state index >= 15 is 0 Å². The minimum atomic E-state index is 0.178. The van der Waals surface area contributed by atoms with E-state index in [1.54, 1.807) is 0 Å². The molecule has 1 aliphatic heterocycles. The quantitative estimate of drug-likeness (QED) is 0.939. The van der Waals surface area contributed by atoms with Crippen LogP contribution in [0.15, 0.2) is 30.3 Å². The van der Waals surface area contributed by atoms with Crippen LogP contribution in [0.5, 0.6) is 0 Å². The molecule has 4 heteroatoms. The van der Waals surface area contributed by atoms with E-state index in [1.165, 1.54) is 11.1 Å². The summed E-state index contributed by atoms with van der Waals surface area (Å²) >= 11 is 0. The lowest BCUT2D eigenvalue weighted by molar-refractivity contribution is 0.0755. The third kappa shape index (κ3) is 3.65. The zero-order chi connectivity index (χ0) is 14.7. The number of hydrogen-bond donors (Lipinski definition) is 1. The predicted octanol–water partition coefficient (Wildman–Crippen LogP) is 2.35. The summed E-state index contributed by atoms with van der Waals surface area (Å²) in [6.45, 7) is 6.38. The molecule has 0 aliphatic carbocycles. The minimum absolute atomic E-state index is 0.178. The van der Waals surface area contributed by atoms with Crippen molar-refractivity contribution >= 4 is 0 Å². The molecule has 1 unspecified atom stereocenters. The van der Waals surface area contributed by atoms with Gasteiger partial charge in [-0.1, -0.05) is 29.8 Å². The largest absolute Gasteiger partial charge is 0.378 e. The van der Waals surface area contributed by atoms with Crippen molar-refractivity contribution < 1.29 is 4.74 Å². The van der Waals surface area contributed by atoms with Gasteiger partial charge in [-0.2, -0.15) is 0 Å².